The first-order valence-corrected chi connectivity index (χ1v) is 5.70. The summed E-state index contributed by atoms with van der Waals surface area (Å²) < 4.78 is 5.26. The molecule has 1 heterocycles. The second-order valence-electron chi connectivity index (χ2n) is 3.82. The highest BCUT2D eigenvalue weighted by molar-refractivity contribution is 6.18. The molecule has 0 atom stereocenters. The molecule has 0 saturated carbocycles. The van der Waals surface area contributed by atoms with E-state index in [0.29, 0.717) is 25.5 Å². The van der Waals surface area contributed by atoms with E-state index in [9.17, 15) is 4.79 Å². The van der Waals surface area contributed by atoms with Crippen molar-refractivity contribution in [3.8, 4) is 0 Å². The fourth-order valence-corrected chi connectivity index (χ4v) is 1.97. The lowest BCUT2D eigenvalue weighted by molar-refractivity contribution is -0.123. The Bertz CT molecular complexity index is 191. The predicted octanol–water partition coefficient (Wildman–Crippen LogP) is 1.69. The lowest BCUT2D eigenvalue weighted by atomic mass is 9.92. The molecule has 0 spiro atoms. The zero-order valence-corrected chi connectivity index (χ0v) is 9.40. The molecule has 1 N–H and O–H groups in total. The molecule has 1 rings (SSSR count). The number of ether oxygens (including phenoxy) is 1. The van der Waals surface area contributed by atoms with Crippen LogP contribution < -0.4 is 5.32 Å². The second kappa shape index (κ2) is 5.56. The first-order valence-electron chi connectivity index (χ1n) is 5.17. The molecule has 0 aromatic rings. The zero-order valence-electron chi connectivity index (χ0n) is 8.64. The molecule has 1 fully saturated rings. The minimum Gasteiger partial charge on any atom is -0.381 e. The van der Waals surface area contributed by atoms with E-state index in [2.05, 4.69) is 5.32 Å². The van der Waals surface area contributed by atoms with Gasteiger partial charge >= 0.3 is 0 Å². The number of hydrogen-bond donors (Lipinski definition) is 1. The molecule has 0 radical (unpaired) electrons. The lowest BCUT2D eigenvalue weighted by Crippen LogP contribution is -2.53. The molecule has 3 nitrogen and oxygen atoms in total. The van der Waals surface area contributed by atoms with Crippen molar-refractivity contribution < 1.29 is 9.53 Å². The highest BCUT2D eigenvalue weighted by atomic mass is 35.5. The van der Waals surface area contributed by atoms with Gasteiger partial charge in [0.15, 0.2) is 0 Å². The Hall–Kier alpha value is -0.280. The number of hydrogen-bond acceptors (Lipinski definition) is 2. The summed E-state index contributed by atoms with van der Waals surface area (Å²) in [7, 11) is 0. The molecule has 0 bridgehead atoms. The van der Waals surface area contributed by atoms with E-state index in [4.69, 9.17) is 16.3 Å². The summed E-state index contributed by atoms with van der Waals surface area (Å²) >= 11 is 5.91. The third kappa shape index (κ3) is 3.14. The van der Waals surface area contributed by atoms with Gasteiger partial charge in [0.25, 0.3) is 0 Å². The molecule has 0 unspecified atom stereocenters. The average Bonchev–Trinajstić information content (AvgIpc) is 2.19. The van der Waals surface area contributed by atoms with Crippen molar-refractivity contribution in [1.82, 2.24) is 5.32 Å². The number of carbonyl (C=O) groups excluding carboxylic acids is 1. The number of amides is 1. The van der Waals surface area contributed by atoms with Crippen LogP contribution in [0.25, 0.3) is 0 Å². The fraction of sp³-hybridized carbons (Fsp3) is 0.900. The summed E-state index contributed by atoms with van der Waals surface area (Å²) in [5.41, 5.74) is -0.216. The van der Waals surface area contributed by atoms with Gasteiger partial charge in [0.05, 0.1) is 5.54 Å². The monoisotopic (exact) mass is 219 g/mol. The lowest BCUT2D eigenvalue weighted by Gasteiger charge is -2.36. The number of alkyl halides is 1. The maximum absolute atomic E-state index is 11.5. The molecule has 0 aromatic carbocycles. The maximum atomic E-state index is 11.5. The normalized spacial score (nSPS) is 20.4. The molecule has 1 saturated heterocycles. The smallest absolute Gasteiger partial charge is 0.220 e. The highest BCUT2D eigenvalue weighted by Crippen LogP contribution is 2.22. The summed E-state index contributed by atoms with van der Waals surface area (Å²) in [6, 6.07) is 0. The van der Waals surface area contributed by atoms with Gasteiger partial charge in [-0.2, -0.15) is 0 Å². The topological polar surface area (TPSA) is 38.3 Å². The Morgan fingerprint density at radius 1 is 1.50 bits per heavy atom. The zero-order chi connectivity index (χ0) is 10.4. The van der Waals surface area contributed by atoms with Gasteiger partial charge in [-0.25, -0.2) is 0 Å². The van der Waals surface area contributed by atoms with Crippen molar-refractivity contribution in [1.29, 1.82) is 0 Å². The van der Waals surface area contributed by atoms with Crippen LogP contribution in [0.15, 0.2) is 0 Å². The van der Waals surface area contributed by atoms with E-state index in [0.717, 1.165) is 19.3 Å². The first kappa shape index (κ1) is 11.8. The van der Waals surface area contributed by atoms with Crippen molar-refractivity contribution in [3.05, 3.63) is 0 Å². The Morgan fingerprint density at radius 3 is 2.64 bits per heavy atom. The third-order valence-electron chi connectivity index (χ3n) is 2.59. The quantitative estimate of drug-likeness (QED) is 0.731. The van der Waals surface area contributed by atoms with Gasteiger partial charge in [0, 0.05) is 25.5 Å². The number of rotatable bonds is 4. The summed E-state index contributed by atoms with van der Waals surface area (Å²) in [5.74, 6) is 0.585. The molecule has 82 valence electrons. The SMILES string of the molecule is CCCC(=O)NC1(CCl)CCOCC1. The molecule has 14 heavy (non-hydrogen) atoms. The van der Waals surface area contributed by atoms with Crippen LogP contribution in [-0.2, 0) is 9.53 Å². The van der Waals surface area contributed by atoms with Crippen molar-refractivity contribution in [3.63, 3.8) is 0 Å². The van der Waals surface area contributed by atoms with Gasteiger partial charge in [-0.05, 0) is 19.3 Å². The molecular weight excluding hydrogens is 202 g/mol. The summed E-state index contributed by atoms with van der Waals surface area (Å²) in [5, 5.41) is 3.03. The highest BCUT2D eigenvalue weighted by Gasteiger charge is 2.32. The van der Waals surface area contributed by atoms with Gasteiger partial charge in [0.1, 0.15) is 0 Å². The van der Waals surface area contributed by atoms with Gasteiger partial charge < -0.3 is 10.1 Å². The van der Waals surface area contributed by atoms with E-state index in [1.165, 1.54) is 0 Å². The first-order chi connectivity index (χ1) is 6.72. The van der Waals surface area contributed by atoms with Gasteiger partial charge in [-0.15, -0.1) is 11.6 Å². The van der Waals surface area contributed by atoms with Gasteiger partial charge in [-0.3, -0.25) is 4.79 Å². The fourth-order valence-electron chi connectivity index (χ4n) is 1.64. The Labute approximate surface area is 90.1 Å². The third-order valence-corrected chi connectivity index (χ3v) is 3.10. The number of halogens is 1. The predicted molar refractivity (Wildman–Crippen MR) is 56.6 cm³/mol. The Balaban J connectivity index is 2.47. The van der Waals surface area contributed by atoms with E-state index >= 15 is 0 Å². The summed E-state index contributed by atoms with van der Waals surface area (Å²) in [6.07, 6.45) is 3.11. The van der Waals surface area contributed by atoms with Crippen molar-refractivity contribution >= 4 is 17.5 Å². The van der Waals surface area contributed by atoms with E-state index in [1.807, 2.05) is 6.92 Å². The molecule has 4 heteroatoms. The van der Waals surface area contributed by atoms with Crippen LogP contribution >= 0.6 is 11.6 Å². The Morgan fingerprint density at radius 2 is 2.14 bits per heavy atom. The minimum atomic E-state index is -0.216. The maximum Gasteiger partial charge on any atom is 0.220 e. The van der Waals surface area contributed by atoms with Crippen LogP contribution in [-0.4, -0.2) is 30.5 Å². The average molecular weight is 220 g/mol. The van der Waals surface area contributed by atoms with Crippen molar-refractivity contribution in [2.45, 2.75) is 38.1 Å². The van der Waals surface area contributed by atoms with Crippen LogP contribution in [0.5, 0.6) is 0 Å². The van der Waals surface area contributed by atoms with Crippen LogP contribution in [0.1, 0.15) is 32.6 Å². The summed E-state index contributed by atoms with van der Waals surface area (Å²) in [4.78, 5) is 11.5. The molecule has 1 aliphatic heterocycles. The van der Waals surface area contributed by atoms with Crippen LogP contribution in [0.3, 0.4) is 0 Å². The van der Waals surface area contributed by atoms with Gasteiger partial charge in [-0.1, -0.05) is 6.92 Å². The summed E-state index contributed by atoms with van der Waals surface area (Å²) in [6.45, 7) is 3.38. The largest absolute Gasteiger partial charge is 0.381 e. The van der Waals surface area contributed by atoms with E-state index in [-0.39, 0.29) is 11.4 Å². The standard InChI is InChI=1S/C10H18ClNO2/c1-2-3-9(13)12-10(8-11)4-6-14-7-5-10/h2-8H2,1H3,(H,12,13). The van der Waals surface area contributed by atoms with Crippen LogP contribution in [0.4, 0.5) is 0 Å². The minimum absolute atomic E-state index is 0.107. The van der Waals surface area contributed by atoms with Gasteiger partial charge in [0.2, 0.25) is 5.91 Å². The molecule has 1 aliphatic rings. The number of carbonyl (C=O) groups is 1. The van der Waals surface area contributed by atoms with E-state index < -0.39 is 0 Å². The van der Waals surface area contributed by atoms with Crippen molar-refractivity contribution in [2.75, 3.05) is 19.1 Å². The van der Waals surface area contributed by atoms with E-state index in [1.54, 1.807) is 0 Å². The Kier molecular flexibility index (Phi) is 4.69. The molecule has 0 aliphatic carbocycles. The molecular formula is C10H18ClNO2. The molecule has 0 aromatic heterocycles. The van der Waals surface area contributed by atoms with Crippen LogP contribution in [0, 0.1) is 0 Å². The molecule has 1 amide bonds. The van der Waals surface area contributed by atoms with Crippen LogP contribution in [0.2, 0.25) is 0 Å². The number of nitrogens with one attached hydrogen (secondary N) is 1. The van der Waals surface area contributed by atoms with Crippen molar-refractivity contribution in [2.24, 2.45) is 0 Å². The second-order valence-corrected chi connectivity index (χ2v) is 4.09.